The molecule has 0 heterocycles. The summed E-state index contributed by atoms with van der Waals surface area (Å²) >= 11 is 0. The summed E-state index contributed by atoms with van der Waals surface area (Å²) in [6, 6.07) is 5.23. The average molecular weight is 233 g/mol. The Morgan fingerprint density at radius 1 is 1.53 bits per heavy atom. The topological polar surface area (TPSA) is 49.3 Å². The van der Waals surface area contributed by atoms with E-state index in [1.165, 1.54) is 18.9 Å². The molecule has 17 heavy (non-hydrogen) atoms. The van der Waals surface area contributed by atoms with Crippen molar-refractivity contribution in [3.05, 3.63) is 29.3 Å². The highest BCUT2D eigenvalue weighted by Crippen LogP contribution is 2.33. The number of rotatable bonds is 4. The first kappa shape index (κ1) is 12.0. The van der Waals surface area contributed by atoms with Crippen molar-refractivity contribution >= 4 is 5.91 Å². The van der Waals surface area contributed by atoms with Crippen LogP contribution in [0.3, 0.4) is 0 Å². The molecule has 1 fully saturated rings. The zero-order chi connectivity index (χ0) is 12.4. The largest absolute Gasteiger partial charge is 0.508 e. The maximum absolute atomic E-state index is 11.9. The molecule has 0 aromatic heterocycles. The summed E-state index contributed by atoms with van der Waals surface area (Å²) in [6.07, 6.45) is 3.65. The minimum atomic E-state index is -0.103. The van der Waals surface area contributed by atoms with E-state index < -0.39 is 0 Å². The van der Waals surface area contributed by atoms with Gasteiger partial charge >= 0.3 is 0 Å². The van der Waals surface area contributed by atoms with Gasteiger partial charge in [-0.15, -0.1) is 0 Å². The van der Waals surface area contributed by atoms with E-state index in [4.69, 9.17) is 0 Å². The lowest BCUT2D eigenvalue weighted by atomic mass is 10.1. The lowest BCUT2D eigenvalue weighted by Gasteiger charge is -2.13. The molecule has 0 bridgehead atoms. The molecule has 1 unspecified atom stereocenters. The number of nitrogens with one attached hydrogen (secondary N) is 1. The SMILES string of the molecule is Cc1ccc(C(=O)NC(C)CC2CC2)cc1O. The van der Waals surface area contributed by atoms with Crippen LogP contribution in [0.2, 0.25) is 0 Å². The highest BCUT2D eigenvalue weighted by molar-refractivity contribution is 5.94. The van der Waals surface area contributed by atoms with E-state index in [-0.39, 0.29) is 17.7 Å². The normalized spacial score (nSPS) is 16.6. The predicted octanol–water partition coefficient (Wildman–Crippen LogP) is 2.62. The van der Waals surface area contributed by atoms with Crippen LogP contribution in [0, 0.1) is 12.8 Å². The van der Waals surface area contributed by atoms with Gasteiger partial charge in [0.1, 0.15) is 5.75 Å². The molecule has 1 aromatic rings. The van der Waals surface area contributed by atoms with Crippen molar-refractivity contribution in [2.24, 2.45) is 5.92 Å². The van der Waals surface area contributed by atoms with Crippen molar-refractivity contribution in [2.45, 2.75) is 39.2 Å². The quantitative estimate of drug-likeness (QED) is 0.839. The van der Waals surface area contributed by atoms with Crippen molar-refractivity contribution in [1.29, 1.82) is 0 Å². The summed E-state index contributed by atoms with van der Waals surface area (Å²) in [5, 5.41) is 12.5. The van der Waals surface area contributed by atoms with Crippen LogP contribution in [-0.4, -0.2) is 17.1 Å². The first-order chi connectivity index (χ1) is 8.06. The summed E-state index contributed by atoms with van der Waals surface area (Å²) in [7, 11) is 0. The van der Waals surface area contributed by atoms with Gasteiger partial charge in [-0.1, -0.05) is 18.9 Å². The molecular weight excluding hydrogens is 214 g/mol. The van der Waals surface area contributed by atoms with Gasteiger partial charge in [0.05, 0.1) is 0 Å². The van der Waals surface area contributed by atoms with Gasteiger partial charge in [0, 0.05) is 11.6 Å². The number of benzene rings is 1. The van der Waals surface area contributed by atoms with Gasteiger partial charge < -0.3 is 10.4 Å². The Bertz CT molecular complexity index is 424. The lowest BCUT2D eigenvalue weighted by Crippen LogP contribution is -2.32. The minimum Gasteiger partial charge on any atom is -0.508 e. The van der Waals surface area contributed by atoms with Gasteiger partial charge in [-0.05, 0) is 43.9 Å². The zero-order valence-corrected chi connectivity index (χ0v) is 10.4. The molecule has 3 nitrogen and oxygen atoms in total. The highest BCUT2D eigenvalue weighted by Gasteiger charge is 2.24. The number of aromatic hydroxyl groups is 1. The van der Waals surface area contributed by atoms with Crippen LogP contribution in [-0.2, 0) is 0 Å². The molecule has 0 spiro atoms. The van der Waals surface area contributed by atoms with E-state index >= 15 is 0 Å². The van der Waals surface area contributed by atoms with Crippen molar-refractivity contribution in [2.75, 3.05) is 0 Å². The Balaban J connectivity index is 1.95. The van der Waals surface area contributed by atoms with E-state index in [1.807, 2.05) is 13.8 Å². The Kier molecular flexibility index (Phi) is 3.36. The molecule has 92 valence electrons. The van der Waals surface area contributed by atoms with Crippen LogP contribution < -0.4 is 5.32 Å². The van der Waals surface area contributed by atoms with E-state index in [0.29, 0.717) is 5.56 Å². The third-order valence-corrected chi connectivity index (χ3v) is 3.23. The second-order valence-electron chi connectivity index (χ2n) is 5.05. The first-order valence-corrected chi connectivity index (χ1v) is 6.16. The van der Waals surface area contributed by atoms with Gasteiger partial charge in [-0.3, -0.25) is 4.79 Å². The molecular formula is C14H19NO2. The van der Waals surface area contributed by atoms with Crippen molar-refractivity contribution < 1.29 is 9.90 Å². The van der Waals surface area contributed by atoms with Crippen molar-refractivity contribution in [3.63, 3.8) is 0 Å². The standard InChI is InChI=1S/C14H19NO2/c1-9-3-6-12(8-13(9)16)14(17)15-10(2)7-11-4-5-11/h3,6,8,10-11,16H,4-5,7H2,1-2H3,(H,15,17). The number of amides is 1. The third kappa shape index (κ3) is 3.22. The predicted molar refractivity (Wildman–Crippen MR) is 67.1 cm³/mol. The van der Waals surface area contributed by atoms with E-state index in [0.717, 1.165) is 17.9 Å². The monoisotopic (exact) mass is 233 g/mol. The average Bonchev–Trinajstić information content (AvgIpc) is 3.05. The van der Waals surface area contributed by atoms with Crippen LogP contribution in [0.1, 0.15) is 42.1 Å². The van der Waals surface area contributed by atoms with Crippen molar-refractivity contribution in [1.82, 2.24) is 5.32 Å². The number of hydrogen-bond donors (Lipinski definition) is 2. The third-order valence-electron chi connectivity index (χ3n) is 3.23. The summed E-state index contributed by atoms with van der Waals surface area (Å²) in [5.41, 5.74) is 1.31. The van der Waals surface area contributed by atoms with Gasteiger partial charge in [-0.25, -0.2) is 0 Å². The Labute approximate surface area is 102 Å². The fourth-order valence-corrected chi connectivity index (χ4v) is 1.97. The maximum atomic E-state index is 11.9. The number of hydrogen-bond acceptors (Lipinski definition) is 2. The summed E-state index contributed by atoms with van der Waals surface area (Å²) in [4.78, 5) is 11.9. The van der Waals surface area contributed by atoms with Gasteiger partial charge in [-0.2, -0.15) is 0 Å². The molecule has 1 saturated carbocycles. The Morgan fingerprint density at radius 2 is 2.24 bits per heavy atom. The second-order valence-corrected chi connectivity index (χ2v) is 5.05. The summed E-state index contributed by atoms with van der Waals surface area (Å²) < 4.78 is 0. The molecule has 2 rings (SSSR count). The molecule has 2 N–H and O–H groups in total. The molecule has 1 atom stereocenters. The molecule has 0 aliphatic heterocycles. The summed E-state index contributed by atoms with van der Waals surface area (Å²) in [5.74, 6) is 0.873. The van der Waals surface area contributed by atoms with E-state index in [9.17, 15) is 9.90 Å². The molecule has 0 saturated heterocycles. The van der Waals surface area contributed by atoms with Crippen LogP contribution in [0.5, 0.6) is 5.75 Å². The van der Waals surface area contributed by atoms with E-state index in [2.05, 4.69) is 5.32 Å². The zero-order valence-electron chi connectivity index (χ0n) is 10.4. The second kappa shape index (κ2) is 4.78. The fraction of sp³-hybridized carbons (Fsp3) is 0.500. The number of phenolic OH excluding ortho intramolecular Hbond substituents is 1. The van der Waals surface area contributed by atoms with Crippen LogP contribution in [0.25, 0.3) is 0 Å². The molecule has 1 amide bonds. The Morgan fingerprint density at radius 3 is 2.82 bits per heavy atom. The smallest absolute Gasteiger partial charge is 0.251 e. The van der Waals surface area contributed by atoms with Gasteiger partial charge in [0.2, 0.25) is 0 Å². The molecule has 1 aliphatic rings. The fourth-order valence-electron chi connectivity index (χ4n) is 1.97. The lowest BCUT2D eigenvalue weighted by molar-refractivity contribution is 0.0937. The van der Waals surface area contributed by atoms with Crippen molar-refractivity contribution in [3.8, 4) is 5.75 Å². The van der Waals surface area contributed by atoms with Crippen LogP contribution in [0.4, 0.5) is 0 Å². The van der Waals surface area contributed by atoms with Gasteiger partial charge in [0.25, 0.3) is 5.91 Å². The molecule has 1 aromatic carbocycles. The molecule has 3 heteroatoms. The molecule has 1 aliphatic carbocycles. The number of aryl methyl sites for hydroxylation is 1. The highest BCUT2D eigenvalue weighted by atomic mass is 16.3. The summed E-state index contributed by atoms with van der Waals surface area (Å²) in [6.45, 7) is 3.84. The van der Waals surface area contributed by atoms with Crippen LogP contribution >= 0.6 is 0 Å². The number of carbonyl (C=O) groups is 1. The number of carbonyl (C=O) groups excluding carboxylic acids is 1. The van der Waals surface area contributed by atoms with Gasteiger partial charge in [0.15, 0.2) is 0 Å². The minimum absolute atomic E-state index is 0.103. The van der Waals surface area contributed by atoms with Crippen LogP contribution in [0.15, 0.2) is 18.2 Å². The maximum Gasteiger partial charge on any atom is 0.251 e. The Hall–Kier alpha value is -1.51. The molecule has 0 radical (unpaired) electrons. The van der Waals surface area contributed by atoms with E-state index in [1.54, 1.807) is 12.1 Å². The first-order valence-electron chi connectivity index (χ1n) is 6.16. The number of phenols is 1.